The van der Waals surface area contributed by atoms with Crippen molar-refractivity contribution in [3.63, 3.8) is 0 Å². The fourth-order valence-corrected chi connectivity index (χ4v) is 3.25. The van der Waals surface area contributed by atoms with Crippen LogP contribution in [-0.4, -0.2) is 6.04 Å². The maximum Gasteiger partial charge on any atom is 0.0208 e. The second-order valence-electron chi connectivity index (χ2n) is 5.90. The van der Waals surface area contributed by atoms with Gasteiger partial charge in [-0.1, -0.05) is 49.2 Å². The Hall–Kier alpha value is -1.34. The van der Waals surface area contributed by atoms with E-state index in [9.17, 15) is 0 Å². The molecule has 1 aliphatic rings. The Balaban J connectivity index is 1.64. The van der Waals surface area contributed by atoms with Crippen LogP contribution in [0.15, 0.2) is 42.5 Å². The third-order valence-electron chi connectivity index (χ3n) is 4.55. The number of nitrogens with one attached hydrogen (secondary N) is 1. The Labute approximate surface area is 116 Å². The Kier molecular flexibility index (Phi) is 3.84. The van der Waals surface area contributed by atoms with E-state index in [0.29, 0.717) is 6.04 Å². The zero-order chi connectivity index (χ0) is 13.1. The smallest absolute Gasteiger partial charge is 0.0208 e. The molecule has 1 fully saturated rings. The first-order valence-corrected chi connectivity index (χ1v) is 7.54. The van der Waals surface area contributed by atoms with E-state index in [2.05, 4.69) is 54.7 Å². The van der Waals surface area contributed by atoms with Gasteiger partial charge in [0.1, 0.15) is 0 Å². The van der Waals surface area contributed by atoms with Crippen molar-refractivity contribution in [2.24, 2.45) is 5.92 Å². The summed E-state index contributed by atoms with van der Waals surface area (Å²) in [5.41, 5.74) is 1.39. The Morgan fingerprint density at radius 3 is 2.58 bits per heavy atom. The van der Waals surface area contributed by atoms with Crippen molar-refractivity contribution in [3.8, 4) is 0 Å². The number of benzene rings is 2. The maximum absolute atomic E-state index is 3.71. The molecular weight excluding hydrogens is 230 g/mol. The fourth-order valence-electron chi connectivity index (χ4n) is 3.25. The topological polar surface area (TPSA) is 12.0 Å². The predicted octanol–water partition coefficient (Wildman–Crippen LogP) is 4.51. The van der Waals surface area contributed by atoms with Gasteiger partial charge in [-0.25, -0.2) is 0 Å². The third kappa shape index (κ3) is 2.98. The molecule has 0 aliphatic heterocycles. The molecule has 19 heavy (non-hydrogen) atoms. The summed E-state index contributed by atoms with van der Waals surface area (Å²) in [5.74, 6) is 0.889. The number of fused-ring (bicyclic) bond motifs is 1. The fraction of sp³-hybridized carbons (Fsp3) is 0.444. The first-order valence-electron chi connectivity index (χ1n) is 7.54. The SMILES string of the molecule is C[C@@H](NCc1ccc2ccccc2c1)C1CCCC1. The van der Waals surface area contributed by atoms with Gasteiger partial charge in [0.15, 0.2) is 0 Å². The molecule has 1 atom stereocenters. The molecule has 0 unspecified atom stereocenters. The van der Waals surface area contributed by atoms with Crippen molar-refractivity contribution in [2.75, 3.05) is 0 Å². The van der Waals surface area contributed by atoms with Gasteiger partial charge in [0, 0.05) is 12.6 Å². The summed E-state index contributed by atoms with van der Waals surface area (Å²) < 4.78 is 0. The second-order valence-corrected chi connectivity index (χ2v) is 5.90. The lowest BCUT2D eigenvalue weighted by molar-refractivity contribution is 0.380. The van der Waals surface area contributed by atoms with E-state index in [1.807, 2.05) is 0 Å². The molecule has 0 saturated heterocycles. The lowest BCUT2D eigenvalue weighted by atomic mass is 9.99. The van der Waals surface area contributed by atoms with Crippen molar-refractivity contribution in [3.05, 3.63) is 48.0 Å². The average Bonchev–Trinajstić information content (AvgIpc) is 2.99. The normalized spacial score (nSPS) is 17.9. The highest BCUT2D eigenvalue weighted by Gasteiger charge is 2.20. The lowest BCUT2D eigenvalue weighted by Crippen LogP contribution is -2.31. The first-order chi connectivity index (χ1) is 9.33. The van der Waals surface area contributed by atoms with E-state index < -0.39 is 0 Å². The standard InChI is InChI=1S/C18H23N/c1-14(16-6-2-3-7-16)19-13-15-10-11-17-8-4-5-9-18(17)12-15/h4-5,8-12,14,16,19H,2-3,6-7,13H2,1H3/t14-/m1/s1. The molecule has 1 N–H and O–H groups in total. The number of hydrogen-bond acceptors (Lipinski definition) is 1. The Morgan fingerprint density at radius 1 is 1.05 bits per heavy atom. The van der Waals surface area contributed by atoms with Crippen LogP contribution in [0.4, 0.5) is 0 Å². The van der Waals surface area contributed by atoms with Gasteiger partial charge >= 0.3 is 0 Å². The van der Waals surface area contributed by atoms with E-state index in [0.717, 1.165) is 12.5 Å². The van der Waals surface area contributed by atoms with Crippen LogP contribution in [0.2, 0.25) is 0 Å². The van der Waals surface area contributed by atoms with Crippen molar-refractivity contribution in [1.29, 1.82) is 0 Å². The molecule has 2 aromatic rings. The van der Waals surface area contributed by atoms with E-state index in [4.69, 9.17) is 0 Å². The van der Waals surface area contributed by atoms with Crippen molar-refractivity contribution in [2.45, 2.75) is 45.2 Å². The van der Waals surface area contributed by atoms with Crippen molar-refractivity contribution in [1.82, 2.24) is 5.32 Å². The zero-order valence-electron chi connectivity index (χ0n) is 11.7. The quantitative estimate of drug-likeness (QED) is 0.845. The van der Waals surface area contributed by atoms with Crippen LogP contribution < -0.4 is 5.32 Å². The molecule has 1 saturated carbocycles. The van der Waals surface area contributed by atoms with Gasteiger partial charge in [-0.05, 0) is 48.1 Å². The minimum Gasteiger partial charge on any atom is -0.310 e. The molecule has 0 radical (unpaired) electrons. The van der Waals surface area contributed by atoms with Gasteiger partial charge in [-0.3, -0.25) is 0 Å². The highest BCUT2D eigenvalue weighted by Crippen LogP contribution is 2.27. The zero-order valence-corrected chi connectivity index (χ0v) is 11.7. The second kappa shape index (κ2) is 5.75. The van der Waals surface area contributed by atoms with Crippen LogP contribution in [0.25, 0.3) is 10.8 Å². The molecule has 1 nitrogen and oxygen atoms in total. The van der Waals surface area contributed by atoms with Crippen LogP contribution in [0.5, 0.6) is 0 Å². The molecule has 100 valence electrons. The summed E-state index contributed by atoms with van der Waals surface area (Å²) in [6.45, 7) is 3.33. The highest BCUT2D eigenvalue weighted by atomic mass is 14.9. The van der Waals surface area contributed by atoms with Crippen LogP contribution in [0, 0.1) is 5.92 Å². The molecule has 0 bridgehead atoms. The molecule has 0 spiro atoms. The van der Waals surface area contributed by atoms with E-state index in [1.165, 1.54) is 42.0 Å². The van der Waals surface area contributed by atoms with E-state index in [1.54, 1.807) is 0 Å². The summed E-state index contributed by atoms with van der Waals surface area (Å²) in [6.07, 6.45) is 5.66. The van der Waals surface area contributed by atoms with Gasteiger partial charge in [-0.2, -0.15) is 0 Å². The van der Waals surface area contributed by atoms with Gasteiger partial charge in [0.2, 0.25) is 0 Å². The summed E-state index contributed by atoms with van der Waals surface area (Å²) in [7, 11) is 0. The summed E-state index contributed by atoms with van der Waals surface area (Å²) >= 11 is 0. The summed E-state index contributed by atoms with van der Waals surface area (Å²) in [4.78, 5) is 0. The molecule has 0 aromatic heterocycles. The van der Waals surface area contributed by atoms with Gasteiger partial charge < -0.3 is 5.32 Å². The van der Waals surface area contributed by atoms with Gasteiger partial charge in [0.25, 0.3) is 0 Å². The lowest BCUT2D eigenvalue weighted by Gasteiger charge is -2.20. The summed E-state index contributed by atoms with van der Waals surface area (Å²) in [6, 6.07) is 16.0. The molecular formula is C18H23N. The molecule has 1 aliphatic carbocycles. The Bertz CT molecular complexity index is 540. The monoisotopic (exact) mass is 253 g/mol. The largest absolute Gasteiger partial charge is 0.310 e. The van der Waals surface area contributed by atoms with E-state index >= 15 is 0 Å². The Morgan fingerprint density at radius 2 is 1.79 bits per heavy atom. The number of hydrogen-bond donors (Lipinski definition) is 1. The maximum atomic E-state index is 3.71. The van der Waals surface area contributed by atoms with Crippen molar-refractivity contribution >= 4 is 10.8 Å². The molecule has 2 aromatic carbocycles. The van der Waals surface area contributed by atoms with Crippen LogP contribution >= 0.6 is 0 Å². The number of rotatable bonds is 4. The molecule has 1 heteroatoms. The van der Waals surface area contributed by atoms with Gasteiger partial charge in [-0.15, -0.1) is 0 Å². The first kappa shape index (κ1) is 12.7. The van der Waals surface area contributed by atoms with Crippen LogP contribution in [0.3, 0.4) is 0 Å². The molecule has 0 amide bonds. The van der Waals surface area contributed by atoms with Crippen LogP contribution in [0.1, 0.15) is 38.2 Å². The average molecular weight is 253 g/mol. The molecule has 3 rings (SSSR count). The highest BCUT2D eigenvalue weighted by molar-refractivity contribution is 5.82. The summed E-state index contributed by atoms with van der Waals surface area (Å²) in [5, 5.41) is 6.38. The van der Waals surface area contributed by atoms with E-state index in [-0.39, 0.29) is 0 Å². The predicted molar refractivity (Wildman–Crippen MR) is 82.2 cm³/mol. The van der Waals surface area contributed by atoms with Crippen LogP contribution in [-0.2, 0) is 6.54 Å². The third-order valence-corrected chi connectivity index (χ3v) is 4.55. The minimum absolute atomic E-state index is 0.647. The molecule has 0 heterocycles. The van der Waals surface area contributed by atoms with Crippen molar-refractivity contribution < 1.29 is 0 Å². The van der Waals surface area contributed by atoms with Gasteiger partial charge in [0.05, 0.1) is 0 Å². The minimum atomic E-state index is 0.647.